The Balaban J connectivity index is 2.68. The lowest BCUT2D eigenvalue weighted by Crippen LogP contribution is -2.25. The maximum absolute atomic E-state index is 13.2. The molecule has 90 valence electrons. The van der Waals surface area contributed by atoms with E-state index in [0.29, 0.717) is 6.54 Å². The Morgan fingerprint density at radius 3 is 2.56 bits per heavy atom. The summed E-state index contributed by atoms with van der Waals surface area (Å²) < 4.78 is 39.9. The van der Waals surface area contributed by atoms with Crippen molar-refractivity contribution in [3.8, 4) is 0 Å². The summed E-state index contributed by atoms with van der Waals surface area (Å²) in [6.45, 7) is 0.347. The van der Waals surface area contributed by atoms with E-state index in [1.165, 1.54) is 18.2 Å². The van der Waals surface area contributed by atoms with Crippen LogP contribution in [0.3, 0.4) is 0 Å². The molecule has 0 heterocycles. The average Bonchev–Trinajstić information content (AvgIpc) is 2.25. The van der Waals surface area contributed by atoms with Crippen LogP contribution in [0.15, 0.2) is 29.2 Å². The number of sulfonamides is 1. The molecule has 0 aliphatic carbocycles. The summed E-state index contributed by atoms with van der Waals surface area (Å²) in [7, 11) is -3.70. The molecule has 0 aliphatic heterocycles. The van der Waals surface area contributed by atoms with Crippen LogP contribution in [0.25, 0.3) is 0 Å². The highest BCUT2D eigenvalue weighted by Crippen LogP contribution is 2.12. The fraction of sp³-hybridized carbons (Fsp3) is 0.400. The lowest BCUT2D eigenvalue weighted by Gasteiger charge is -2.06. The third kappa shape index (κ3) is 3.99. The normalized spacial score (nSPS) is 11.6. The molecule has 3 nitrogen and oxygen atoms in total. The molecule has 0 aliphatic rings. The Morgan fingerprint density at radius 1 is 1.25 bits per heavy atom. The molecule has 0 saturated carbocycles. The van der Waals surface area contributed by atoms with Crippen LogP contribution in [0.1, 0.15) is 12.8 Å². The van der Waals surface area contributed by atoms with Gasteiger partial charge in [0.15, 0.2) is 0 Å². The first-order valence-corrected chi connectivity index (χ1v) is 7.89. The number of rotatable bonds is 6. The molecule has 0 amide bonds. The highest BCUT2D eigenvalue weighted by Gasteiger charge is 2.17. The predicted molar refractivity (Wildman–Crippen MR) is 69.7 cm³/mol. The van der Waals surface area contributed by atoms with Crippen molar-refractivity contribution in [2.75, 3.05) is 11.0 Å². The standard InChI is InChI=1S/C10H13FINO2S/c11-9-5-1-2-6-10(9)16(14,15)13-8-4-3-7-12/h1-2,5-6,13H,3-4,7-8H2. The van der Waals surface area contributed by atoms with Crippen LogP contribution in [-0.2, 0) is 10.0 Å². The van der Waals surface area contributed by atoms with Gasteiger partial charge in [-0.2, -0.15) is 0 Å². The van der Waals surface area contributed by atoms with Crippen LogP contribution in [0.4, 0.5) is 4.39 Å². The molecular weight excluding hydrogens is 344 g/mol. The number of unbranched alkanes of at least 4 members (excludes halogenated alkanes) is 1. The number of hydrogen-bond donors (Lipinski definition) is 1. The van der Waals surface area contributed by atoms with Crippen molar-refractivity contribution in [3.05, 3.63) is 30.1 Å². The minimum Gasteiger partial charge on any atom is -0.211 e. The minimum absolute atomic E-state index is 0.288. The van der Waals surface area contributed by atoms with Gasteiger partial charge in [0.25, 0.3) is 0 Å². The molecule has 0 aromatic heterocycles. The Hall–Kier alpha value is -0.210. The summed E-state index contributed by atoms with van der Waals surface area (Å²) in [5.74, 6) is -0.719. The van der Waals surface area contributed by atoms with Crippen molar-refractivity contribution in [1.29, 1.82) is 0 Å². The summed E-state index contributed by atoms with van der Waals surface area (Å²) in [4.78, 5) is -0.288. The molecule has 1 aromatic carbocycles. The van der Waals surface area contributed by atoms with E-state index in [-0.39, 0.29) is 4.90 Å². The summed E-state index contributed by atoms with van der Waals surface area (Å²) >= 11 is 2.23. The van der Waals surface area contributed by atoms with Crippen molar-refractivity contribution < 1.29 is 12.8 Å². The van der Waals surface area contributed by atoms with Gasteiger partial charge in [0, 0.05) is 6.54 Å². The molecule has 16 heavy (non-hydrogen) atoms. The van der Waals surface area contributed by atoms with Crippen molar-refractivity contribution in [1.82, 2.24) is 4.72 Å². The Labute approximate surface area is 109 Å². The highest BCUT2D eigenvalue weighted by atomic mass is 127. The summed E-state index contributed by atoms with van der Waals surface area (Å²) in [5, 5.41) is 0. The summed E-state index contributed by atoms with van der Waals surface area (Å²) in [6, 6.07) is 5.36. The van der Waals surface area contributed by atoms with Crippen LogP contribution in [0.2, 0.25) is 0 Å². The van der Waals surface area contributed by atoms with Gasteiger partial charge in [0.2, 0.25) is 10.0 Å². The second-order valence-electron chi connectivity index (χ2n) is 3.22. The molecule has 0 unspecified atom stereocenters. The van der Waals surface area contributed by atoms with Gasteiger partial charge in [-0.3, -0.25) is 0 Å². The van der Waals surface area contributed by atoms with E-state index in [1.54, 1.807) is 0 Å². The third-order valence-corrected chi connectivity index (χ3v) is 4.24. The summed E-state index contributed by atoms with van der Waals surface area (Å²) in [6.07, 6.45) is 1.71. The van der Waals surface area contributed by atoms with Gasteiger partial charge in [-0.1, -0.05) is 34.7 Å². The van der Waals surface area contributed by atoms with Gasteiger partial charge in [-0.15, -0.1) is 0 Å². The van der Waals surface area contributed by atoms with E-state index < -0.39 is 15.8 Å². The highest BCUT2D eigenvalue weighted by molar-refractivity contribution is 14.1. The first kappa shape index (κ1) is 13.9. The van der Waals surface area contributed by atoms with Crippen LogP contribution < -0.4 is 4.72 Å². The molecule has 1 rings (SSSR count). The smallest absolute Gasteiger partial charge is 0.211 e. The van der Waals surface area contributed by atoms with Crippen molar-refractivity contribution in [2.45, 2.75) is 17.7 Å². The molecule has 0 fully saturated rings. The molecule has 0 atom stereocenters. The second kappa shape index (κ2) is 6.51. The van der Waals surface area contributed by atoms with Gasteiger partial charge >= 0.3 is 0 Å². The molecule has 6 heteroatoms. The predicted octanol–water partition coefficient (Wildman–Crippen LogP) is 2.32. The maximum atomic E-state index is 13.2. The molecule has 0 spiro atoms. The number of halogens is 2. The van der Waals surface area contributed by atoms with Crippen molar-refractivity contribution in [2.24, 2.45) is 0 Å². The monoisotopic (exact) mass is 357 g/mol. The van der Waals surface area contributed by atoms with E-state index in [0.717, 1.165) is 23.3 Å². The Morgan fingerprint density at radius 2 is 1.94 bits per heavy atom. The van der Waals surface area contributed by atoms with E-state index in [1.807, 2.05) is 0 Å². The average molecular weight is 357 g/mol. The number of benzene rings is 1. The fourth-order valence-electron chi connectivity index (χ4n) is 1.17. The van der Waals surface area contributed by atoms with E-state index in [2.05, 4.69) is 27.3 Å². The molecule has 1 N–H and O–H groups in total. The Bertz CT molecular complexity index is 436. The van der Waals surface area contributed by atoms with Gasteiger partial charge in [-0.25, -0.2) is 17.5 Å². The Kier molecular flexibility index (Phi) is 5.63. The fourth-order valence-corrected chi connectivity index (χ4v) is 2.86. The lowest BCUT2D eigenvalue weighted by atomic mass is 10.3. The second-order valence-corrected chi connectivity index (χ2v) is 6.04. The van der Waals surface area contributed by atoms with E-state index in [4.69, 9.17) is 0 Å². The van der Waals surface area contributed by atoms with Gasteiger partial charge in [-0.05, 0) is 29.4 Å². The minimum atomic E-state index is -3.70. The zero-order valence-electron chi connectivity index (χ0n) is 8.62. The number of alkyl halides is 1. The van der Waals surface area contributed by atoms with E-state index in [9.17, 15) is 12.8 Å². The molecule has 0 radical (unpaired) electrons. The zero-order valence-corrected chi connectivity index (χ0v) is 11.6. The molecule has 0 saturated heterocycles. The SMILES string of the molecule is O=S(=O)(NCCCCI)c1ccccc1F. The number of nitrogens with one attached hydrogen (secondary N) is 1. The quantitative estimate of drug-likeness (QED) is 0.483. The van der Waals surface area contributed by atoms with Gasteiger partial charge < -0.3 is 0 Å². The van der Waals surface area contributed by atoms with Crippen LogP contribution >= 0.6 is 22.6 Å². The van der Waals surface area contributed by atoms with Gasteiger partial charge in [0.1, 0.15) is 10.7 Å². The zero-order chi connectivity index (χ0) is 12.0. The van der Waals surface area contributed by atoms with Crippen molar-refractivity contribution in [3.63, 3.8) is 0 Å². The summed E-state index contributed by atoms with van der Waals surface area (Å²) in [5.41, 5.74) is 0. The molecular formula is C10H13FINO2S. The van der Waals surface area contributed by atoms with Crippen LogP contribution in [0, 0.1) is 5.82 Å². The van der Waals surface area contributed by atoms with Crippen LogP contribution in [-0.4, -0.2) is 19.4 Å². The van der Waals surface area contributed by atoms with Crippen molar-refractivity contribution >= 4 is 32.6 Å². The lowest BCUT2D eigenvalue weighted by molar-refractivity contribution is 0.555. The van der Waals surface area contributed by atoms with E-state index >= 15 is 0 Å². The maximum Gasteiger partial charge on any atom is 0.243 e. The first-order valence-electron chi connectivity index (χ1n) is 4.88. The number of hydrogen-bond acceptors (Lipinski definition) is 2. The van der Waals surface area contributed by atoms with Gasteiger partial charge in [0.05, 0.1) is 0 Å². The topological polar surface area (TPSA) is 46.2 Å². The third-order valence-electron chi connectivity index (χ3n) is 1.98. The van der Waals surface area contributed by atoms with Crippen LogP contribution in [0.5, 0.6) is 0 Å². The largest absolute Gasteiger partial charge is 0.243 e. The first-order chi connectivity index (χ1) is 7.58. The molecule has 0 bridgehead atoms. The molecule has 1 aromatic rings.